The second kappa shape index (κ2) is 6.41. The van der Waals surface area contributed by atoms with E-state index >= 15 is 0 Å². The molecule has 4 N–H and O–H groups in total. The minimum Gasteiger partial charge on any atom is -0.508 e. The van der Waals surface area contributed by atoms with E-state index in [4.69, 9.17) is 10.2 Å². The average Bonchev–Trinajstić information content (AvgIpc) is 2.36. The van der Waals surface area contributed by atoms with Gasteiger partial charge >= 0.3 is 18.0 Å². The van der Waals surface area contributed by atoms with Crippen molar-refractivity contribution < 1.29 is 24.6 Å². The maximum absolute atomic E-state index is 11.5. The molecule has 108 valence electrons. The molecule has 1 rings (SSSR count). The van der Waals surface area contributed by atoms with Crippen LogP contribution in [0.4, 0.5) is 9.59 Å². The van der Waals surface area contributed by atoms with Gasteiger partial charge in [-0.25, -0.2) is 14.4 Å². The lowest BCUT2D eigenvalue weighted by molar-refractivity contribution is -0.139. The Morgan fingerprint density at radius 1 is 1.15 bits per heavy atom. The van der Waals surface area contributed by atoms with Gasteiger partial charge < -0.3 is 20.4 Å². The van der Waals surface area contributed by atoms with Gasteiger partial charge in [-0.2, -0.15) is 0 Å². The van der Waals surface area contributed by atoms with E-state index < -0.39 is 24.1 Å². The number of phenolic OH excluding ortho intramolecular Hbond substituents is 1. The number of amides is 4. The van der Waals surface area contributed by atoms with Crippen molar-refractivity contribution in [1.29, 1.82) is 0 Å². The first-order chi connectivity index (χ1) is 9.31. The quantitative estimate of drug-likeness (QED) is 0.643. The number of hydrogen-bond acceptors (Lipinski definition) is 4. The average molecular weight is 281 g/mol. The van der Waals surface area contributed by atoms with Gasteiger partial charge in [-0.15, -0.1) is 0 Å². The zero-order chi connectivity index (χ0) is 15.3. The smallest absolute Gasteiger partial charge is 0.330 e. The molecule has 8 nitrogen and oxygen atoms in total. The number of aliphatic carboxylic acids is 1. The Hall–Kier alpha value is -2.77. The molecular weight excluding hydrogens is 266 g/mol. The molecule has 20 heavy (non-hydrogen) atoms. The summed E-state index contributed by atoms with van der Waals surface area (Å²) in [6.45, 7) is 0. The number of phenols is 1. The summed E-state index contributed by atoms with van der Waals surface area (Å²) in [6.07, 6.45) is 0. The highest BCUT2D eigenvalue weighted by atomic mass is 16.4. The molecule has 0 unspecified atom stereocenters. The number of imide groups is 1. The number of carboxylic acids is 1. The summed E-state index contributed by atoms with van der Waals surface area (Å²) < 4.78 is 0. The van der Waals surface area contributed by atoms with E-state index in [0.29, 0.717) is 0 Å². The maximum Gasteiger partial charge on any atom is 0.330 e. The van der Waals surface area contributed by atoms with Crippen LogP contribution in [0, 0.1) is 0 Å². The second-order valence-corrected chi connectivity index (χ2v) is 4.16. The van der Waals surface area contributed by atoms with Gasteiger partial charge in [0.2, 0.25) is 0 Å². The van der Waals surface area contributed by atoms with Gasteiger partial charge in [0.1, 0.15) is 5.75 Å². The Kier molecular flexibility index (Phi) is 4.90. The predicted molar refractivity (Wildman–Crippen MR) is 69.2 cm³/mol. The lowest BCUT2D eigenvalue weighted by Gasteiger charge is -2.16. The summed E-state index contributed by atoms with van der Waals surface area (Å²) in [5.41, 5.74) is 0.266. The number of benzene rings is 1. The number of carboxylic acid groups (broad SMARTS) is 1. The molecule has 1 aromatic rings. The van der Waals surface area contributed by atoms with Crippen LogP contribution in [0.15, 0.2) is 24.3 Å². The van der Waals surface area contributed by atoms with Gasteiger partial charge in [-0.05, 0) is 17.7 Å². The van der Waals surface area contributed by atoms with Crippen LogP contribution in [-0.2, 0) is 4.79 Å². The Morgan fingerprint density at radius 2 is 1.70 bits per heavy atom. The van der Waals surface area contributed by atoms with E-state index in [2.05, 4.69) is 5.32 Å². The highest BCUT2D eigenvalue weighted by Gasteiger charge is 2.23. The topological polar surface area (TPSA) is 119 Å². The highest BCUT2D eigenvalue weighted by molar-refractivity contribution is 5.95. The molecular formula is C12H15N3O5. The molecule has 1 aromatic carbocycles. The molecule has 0 aliphatic carbocycles. The third-order valence-corrected chi connectivity index (χ3v) is 2.38. The maximum atomic E-state index is 11.5. The van der Waals surface area contributed by atoms with Gasteiger partial charge in [0.25, 0.3) is 0 Å². The van der Waals surface area contributed by atoms with Crippen LogP contribution in [0.3, 0.4) is 0 Å². The van der Waals surface area contributed by atoms with Crippen LogP contribution in [-0.4, -0.2) is 47.2 Å². The van der Waals surface area contributed by atoms with Crippen LogP contribution in [0.1, 0.15) is 11.6 Å². The first-order valence-electron chi connectivity index (χ1n) is 5.62. The van der Waals surface area contributed by atoms with Crippen LogP contribution in [0.25, 0.3) is 0 Å². The van der Waals surface area contributed by atoms with Gasteiger partial charge in [-0.1, -0.05) is 12.1 Å². The van der Waals surface area contributed by atoms with E-state index in [0.717, 1.165) is 4.90 Å². The second-order valence-electron chi connectivity index (χ2n) is 4.16. The zero-order valence-corrected chi connectivity index (χ0v) is 11.0. The highest BCUT2D eigenvalue weighted by Crippen LogP contribution is 2.17. The lowest BCUT2D eigenvalue weighted by Crippen LogP contribution is -2.46. The number of hydrogen-bond donors (Lipinski definition) is 4. The minimum absolute atomic E-state index is 0.0230. The SMILES string of the molecule is CN(C)C(=O)NC(=O)N[C@@H](C(=O)O)c1ccc(O)cc1. The fourth-order valence-electron chi connectivity index (χ4n) is 1.33. The van der Waals surface area contributed by atoms with Crippen LogP contribution in [0.5, 0.6) is 5.75 Å². The van der Waals surface area contributed by atoms with Crippen LogP contribution >= 0.6 is 0 Å². The number of nitrogens with one attached hydrogen (secondary N) is 2. The molecule has 1 atom stereocenters. The molecule has 0 radical (unpaired) electrons. The molecule has 0 saturated heterocycles. The monoisotopic (exact) mass is 281 g/mol. The van der Waals surface area contributed by atoms with E-state index in [1.165, 1.54) is 38.4 Å². The van der Waals surface area contributed by atoms with Crippen molar-refractivity contribution in [2.75, 3.05) is 14.1 Å². The minimum atomic E-state index is -1.33. The Morgan fingerprint density at radius 3 is 2.15 bits per heavy atom. The fraction of sp³-hybridized carbons (Fsp3) is 0.250. The van der Waals surface area contributed by atoms with Gasteiger partial charge in [0.15, 0.2) is 6.04 Å². The van der Waals surface area contributed by atoms with E-state index in [-0.39, 0.29) is 11.3 Å². The third-order valence-electron chi connectivity index (χ3n) is 2.38. The summed E-state index contributed by atoms with van der Waals surface area (Å²) in [5, 5.41) is 22.4. The van der Waals surface area contributed by atoms with Gasteiger partial charge in [0, 0.05) is 14.1 Å². The third kappa shape index (κ3) is 4.16. The Bertz CT molecular complexity index is 512. The molecule has 0 fully saturated rings. The normalized spacial score (nSPS) is 11.3. The number of carbonyl (C=O) groups excluding carboxylic acids is 2. The van der Waals surface area contributed by atoms with Crippen molar-refractivity contribution in [2.45, 2.75) is 6.04 Å². The van der Waals surface area contributed by atoms with E-state index in [1.54, 1.807) is 0 Å². The molecule has 0 aromatic heterocycles. The summed E-state index contributed by atoms with van der Waals surface area (Å²) >= 11 is 0. The largest absolute Gasteiger partial charge is 0.508 e. The molecule has 4 amide bonds. The Labute approximate surface area is 115 Å². The molecule has 0 spiro atoms. The first-order valence-corrected chi connectivity index (χ1v) is 5.62. The molecule has 0 heterocycles. The molecule has 0 aliphatic heterocycles. The predicted octanol–water partition coefficient (Wildman–Crippen LogP) is 0.499. The van der Waals surface area contributed by atoms with Crippen LogP contribution < -0.4 is 10.6 Å². The van der Waals surface area contributed by atoms with Crippen molar-refractivity contribution in [2.24, 2.45) is 0 Å². The number of rotatable bonds is 3. The molecule has 0 aliphatic rings. The number of carbonyl (C=O) groups is 3. The first kappa shape index (κ1) is 15.3. The van der Waals surface area contributed by atoms with Crippen molar-refractivity contribution in [3.05, 3.63) is 29.8 Å². The van der Waals surface area contributed by atoms with Gasteiger partial charge in [-0.3, -0.25) is 5.32 Å². The molecule has 0 bridgehead atoms. The van der Waals surface area contributed by atoms with Crippen molar-refractivity contribution >= 4 is 18.0 Å². The van der Waals surface area contributed by atoms with Gasteiger partial charge in [0.05, 0.1) is 0 Å². The van der Waals surface area contributed by atoms with Crippen molar-refractivity contribution in [3.8, 4) is 5.75 Å². The fourth-order valence-corrected chi connectivity index (χ4v) is 1.33. The summed E-state index contributed by atoms with van der Waals surface area (Å²) in [5.74, 6) is -1.31. The summed E-state index contributed by atoms with van der Waals surface area (Å²) in [6, 6.07) is 2.41. The summed E-state index contributed by atoms with van der Waals surface area (Å²) in [7, 11) is 2.88. The Balaban J connectivity index is 2.78. The molecule has 8 heteroatoms. The standard InChI is InChI=1S/C12H15N3O5/c1-15(2)12(20)14-11(19)13-9(10(17)18)7-3-5-8(16)6-4-7/h3-6,9,16H,1-2H3,(H,17,18)(H2,13,14,19,20)/t9-/m1/s1. The van der Waals surface area contributed by atoms with Crippen molar-refractivity contribution in [3.63, 3.8) is 0 Å². The number of aromatic hydroxyl groups is 1. The molecule has 0 saturated carbocycles. The van der Waals surface area contributed by atoms with E-state index in [9.17, 15) is 14.4 Å². The zero-order valence-electron chi connectivity index (χ0n) is 11.0. The number of urea groups is 2. The number of nitrogens with zero attached hydrogens (tertiary/aromatic N) is 1. The van der Waals surface area contributed by atoms with E-state index in [1.807, 2.05) is 5.32 Å². The van der Waals surface area contributed by atoms with Crippen LogP contribution in [0.2, 0.25) is 0 Å². The lowest BCUT2D eigenvalue weighted by atomic mass is 10.1. The summed E-state index contributed by atoms with van der Waals surface area (Å²) in [4.78, 5) is 35.1. The van der Waals surface area contributed by atoms with Crippen molar-refractivity contribution in [1.82, 2.24) is 15.5 Å².